The molecule has 3 aromatic carbocycles. The van der Waals surface area contributed by atoms with Crippen LogP contribution >= 0.6 is 11.6 Å². The van der Waals surface area contributed by atoms with Gasteiger partial charge in [0.15, 0.2) is 0 Å². The maximum atomic E-state index is 14.5. The molecule has 2 aliphatic heterocycles. The zero-order chi connectivity index (χ0) is 28.6. The Morgan fingerprint density at radius 2 is 1.88 bits per heavy atom. The maximum absolute atomic E-state index is 14.5. The van der Waals surface area contributed by atoms with Crippen molar-refractivity contribution in [1.29, 1.82) is 0 Å². The van der Waals surface area contributed by atoms with E-state index in [1.165, 1.54) is 16.4 Å². The Hall–Kier alpha value is -3.40. The van der Waals surface area contributed by atoms with Crippen molar-refractivity contribution in [2.75, 3.05) is 23.9 Å². The third kappa shape index (κ3) is 5.73. The number of hydrogen-bond donors (Lipinski definition) is 1. The monoisotopic (exact) mass is 584 g/mol. The SMILES string of the molecule is C/C(=C\c1ccc2c(c1)N(S(=O)(=O)c1cccc(C)c1)C[C@H](CCC(=O)N1CC(O)C1)O2)c1c(F)cccc1Cl. The summed E-state index contributed by atoms with van der Waals surface area (Å²) in [4.78, 5) is 14.2. The van der Waals surface area contributed by atoms with Crippen LogP contribution in [-0.4, -0.2) is 56.2 Å². The Morgan fingerprint density at radius 3 is 2.58 bits per heavy atom. The summed E-state index contributed by atoms with van der Waals surface area (Å²) in [5, 5.41) is 9.77. The number of likely N-dealkylation sites (tertiary alicyclic amines) is 1. The molecule has 0 spiro atoms. The minimum absolute atomic E-state index is 0.0183. The number of aryl methyl sites for hydroxylation is 1. The number of β-amino-alcohol motifs (C(OH)–C–C–N with tert-alkyl or cyclic N) is 1. The van der Waals surface area contributed by atoms with Gasteiger partial charge in [0.05, 0.1) is 28.3 Å². The van der Waals surface area contributed by atoms with Gasteiger partial charge in [0.2, 0.25) is 5.91 Å². The van der Waals surface area contributed by atoms with E-state index in [0.29, 0.717) is 42.1 Å². The van der Waals surface area contributed by atoms with Crippen LogP contribution in [0.5, 0.6) is 5.75 Å². The molecule has 0 unspecified atom stereocenters. The van der Waals surface area contributed by atoms with Crippen LogP contribution in [0.2, 0.25) is 5.02 Å². The van der Waals surface area contributed by atoms with Gasteiger partial charge in [0, 0.05) is 25.1 Å². The number of sulfonamides is 1. The second-order valence-electron chi connectivity index (χ2n) is 10.2. The second kappa shape index (κ2) is 11.2. The first kappa shape index (κ1) is 28.1. The average molecular weight is 585 g/mol. The van der Waals surface area contributed by atoms with E-state index in [2.05, 4.69) is 0 Å². The van der Waals surface area contributed by atoms with Crippen molar-refractivity contribution in [3.63, 3.8) is 0 Å². The number of carbonyl (C=O) groups is 1. The van der Waals surface area contributed by atoms with Gasteiger partial charge >= 0.3 is 0 Å². The minimum atomic E-state index is -3.97. The molecule has 1 N–H and O–H groups in total. The first-order valence-corrected chi connectivity index (χ1v) is 14.8. The van der Waals surface area contributed by atoms with E-state index < -0.39 is 28.0 Å². The zero-order valence-corrected chi connectivity index (χ0v) is 23.8. The van der Waals surface area contributed by atoms with Gasteiger partial charge in [-0.15, -0.1) is 0 Å². The Morgan fingerprint density at radius 1 is 1.12 bits per heavy atom. The molecular weight excluding hydrogens is 555 g/mol. The second-order valence-corrected chi connectivity index (χ2v) is 12.5. The van der Waals surface area contributed by atoms with Crippen LogP contribution in [0.4, 0.5) is 10.1 Å². The number of nitrogens with zero attached hydrogens (tertiary/aromatic N) is 2. The highest BCUT2D eigenvalue weighted by molar-refractivity contribution is 7.92. The summed E-state index contributed by atoms with van der Waals surface area (Å²) in [6.07, 6.45) is 1.19. The lowest BCUT2D eigenvalue weighted by atomic mass is 10.0. The highest BCUT2D eigenvalue weighted by Gasteiger charge is 2.36. The smallest absolute Gasteiger partial charge is 0.264 e. The number of carbonyl (C=O) groups excluding carboxylic acids is 1. The van der Waals surface area contributed by atoms with E-state index in [0.717, 1.165) is 5.56 Å². The number of halogens is 2. The number of amides is 1. The molecule has 0 aromatic heterocycles. The largest absolute Gasteiger partial charge is 0.486 e. The molecule has 0 bridgehead atoms. The maximum Gasteiger partial charge on any atom is 0.264 e. The van der Waals surface area contributed by atoms with Crippen LogP contribution in [0.1, 0.15) is 36.5 Å². The summed E-state index contributed by atoms with van der Waals surface area (Å²) in [6.45, 7) is 4.22. The quantitative estimate of drug-likeness (QED) is 0.382. The summed E-state index contributed by atoms with van der Waals surface area (Å²) in [6, 6.07) is 16.3. The lowest BCUT2D eigenvalue weighted by Crippen LogP contribution is -2.53. The number of hydrogen-bond acceptors (Lipinski definition) is 5. The predicted molar refractivity (Wildman–Crippen MR) is 153 cm³/mol. The van der Waals surface area contributed by atoms with Gasteiger partial charge in [-0.2, -0.15) is 0 Å². The van der Waals surface area contributed by atoms with Crippen molar-refractivity contribution in [2.24, 2.45) is 0 Å². The minimum Gasteiger partial charge on any atom is -0.486 e. The molecule has 2 heterocycles. The third-order valence-corrected chi connectivity index (χ3v) is 9.22. The van der Waals surface area contributed by atoms with E-state index in [9.17, 15) is 22.7 Å². The lowest BCUT2D eigenvalue weighted by molar-refractivity contribution is -0.141. The van der Waals surface area contributed by atoms with E-state index >= 15 is 0 Å². The highest BCUT2D eigenvalue weighted by Crippen LogP contribution is 2.40. The molecule has 1 fully saturated rings. The van der Waals surface area contributed by atoms with Crippen molar-refractivity contribution in [2.45, 2.75) is 43.8 Å². The molecule has 0 radical (unpaired) electrons. The van der Waals surface area contributed by atoms with Crippen molar-refractivity contribution < 1.29 is 27.4 Å². The van der Waals surface area contributed by atoms with Crippen molar-refractivity contribution in [3.05, 3.63) is 88.2 Å². The van der Waals surface area contributed by atoms with Crippen LogP contribution in [0.15, 0.2) is 65.6 Å². The zero-order valence-electron chi connectivity index (χ0n) is 22.2. The first-order valence-electron chi connectivity index (χ1n) is 13.0. The number of fused-ring (bicyclic) bond motifs is 1. The molecule has 5 rings (SSSR count). The van der Waals surface area contributed by atoms with Gasteiger partial charge in [0.1, 0.15) is 17.7 Å². The normalized spacial score (nSPS) is 17.7. The molecule has 1 amide bonds. The molecule has 40 heavy (non-hydrogen) atoms. The Labute approximate surface area is 238 Å². The fourth-order valence-corrected chi connectivity index (χ4v) is 6.91. The number of ether oxygens (including phenoxy) is 1. The number of aliphatic hydroxyl groups is 1. The van der Waals surface area contributed by atoms with Gasteiger partial charge in [-0.1, -0.05) is 41.9 Å². The van der Waals surface area contributed by atoms with E-state index in [1.54, 1.807) is 60.4 Å². The summed E-state index contributed by atoms with van der Waals surface area (Å²) >= 11 is 6.25. The highest BCUT2D eigenvalue weighted by atomic mass is 35.5. The van der Waals surface area contributed by atoms with Crippen LogP contribution in [0.3, 0.4) is 0 Å². The molecule has 0 saturated carbocycles. The van der Waals surface area contributed by atoms with Gasteiger partial charge in [-0.05, 0) is 73.4 Å². The fraction of sp³-hybridized carbons (Fsp3) is 0.300. The molecule has 3 aromatic rings. The topological polar surface area (TPSA) is 87.2 Å². The molecular formula is C30H30ClFN2O5S. The van der Waals surface area contributed by atoms with Crippen LogP contribution in [0, 0.1) is 12.7 Å². The Kier molecular flexibility index (Phi) is 7.90. The summed E-state index contributed by atoms with van der Waals surface area (Å²) < 4.78 is 49.8. The molecule has 1 atom stereocenters. The molecule has 1 saturated heterocycles. The molecule has 210 valence electrons. The van der Waals surface area contributed by atoms with Crippen molar-refractivity contribution in [3.8, 4) is 5.75 Å². The Balaban J connectivity index is 1.48. The van der Waals surface area contributed by atoms with E-state index in [-0.39, 0.29) is 34.4 Å². The standard InChI is InChI=1S/C30H30ClFN2O5S/c1-19-5-3-6-24(13-19)40(37,38)34-18-23(10-12-29(36)33-16-22(35)17-33)39-28-11-9-21(15-27(28)34)14-20(2)30-25(31)7-4-8-26(30)32/h3-9,11,13-15,22-23,35H,10,12,16-18H2,1-2H3/b20-14+/t23-/m0/s1. The van der Waals surface area contributed by atoms with Gasteiger partial charge in [-0.3, -0.25) is 9.10 Å². The average Bonchev–Trinajstić information content (AvgIpc) is 2.89. The number of benzene rings is 3. The van der Waals surface area contributed by atoms with E-state index in [1.807, 2.05) is 13.0 Å². The summed E-state index contributed by atoms with van der Waals surface area (Å²) in [7, 11) is -3.97. The molecule has 0 aliphatic carbocycles. The predicted octanol–water partition coefficient (Wildman–Crippen LogP) is 5.29. The van der Waals surface area contributed by atoms with Crippen LogP contribution in [0.25, 0.3) is 11.6 Å². The van der Waals surface area contributed by atoms with Crippen LogP contribution < -0.4 is 9.04 Å². The van der Waals surface area contributed by atoms with Crippen molar-refractivity contribution in [1.82, 2.24) is 4.90 Å². The number of rotatable bonds is 7. The van der Waals surface area contributed by atoms with Gasteiger partial charge in [0.25, 0.3) is 10.0 Å². The molecule has 7 nitrogen and oxygen atoms in total. The number of aliphatic hydroxyl groups excluding tert-OH is 1. The van der Waals surface area contributed by atoms with Crippen LogP contribution in [-0.2, 0) is 14.8 Å². The Bertz CT molecular complexity index is 1570. The van der Waals surface area contributed by atoms with E-state index in [4.69, 9.17) is 16.3 Å². The molecule has 2 aliphatic rings. The summed E-state index contributed by atoms with van der Waals surface area (Å²) in [5.74, 6) is -0.176. The number of anilines is 1. The first-order chi connectivity index (χ1) is 19.0. The lowest BCUT2D eigenvalue weighted by Gasteiger charge is -2.38. The summed E-state index contributed by atoms with van der Waals surface area (Å²) in [5.41, 5.74) is 2.68. The van der Waals surface area contributed by atoms with Gasteiger partial charge < -0.3 is 14.7 Å². The molecule has 10 heteroatoms. The number of allylic oxidation sites excluding steroid dienone is 1. The third-order valence-electron chi connectivity index (χ3n) is 7.13. The van der Waals surface area contributed by atoms with Gasteiger partial charge in [-0.25, -0.2) is 12.8 Å². The van der Waals surface area contributed by atoms with Crippen molar-refractivity contribution >= 4 is 44.9 Å². The fourth-order valence-electron chi connectivity index (χ4n) is 5.00.